The summed E-state index contributed by atoms with van der Waals surface area (Å²) in [4.78, 5) is 14.3. The maximum Gasteiger partial charge on any atom is 0.490 e. The van der Waals surface area contributed by atoms with Crippen LogP contribution in [0.25, 0.3) is 0 Å². The Kier molecular flexibility index (Phi) is 8.37. The maximum absolute atomic E-state index is 10.6. The number of halogens is 3. The molecule has 3 aliphatic rings. The SMILES string of the molecule is Cc1ccc(CN2CC3(CC(OCC4CCOCC4)CCO3)C2)s1.O=C(O)C(F)(F)F. The minimum Gasteiger partial charge on any atom is -0.475 e. The van der Waals surface area contributed by atoms with Gasteiger partial charge in [-0.3, -0.25) is 4.90 Å². The van der Waals surface area contributed by atoms with Crippen molar-refractivity contribution >= 4 is 17.3 Å². The van der Waals surface area contributed by atoms with E-state index in [0.717, 1.165) is 71.7 Å². The summed E-state index contributed by atoms with van der Waals surface area (Å²) in [6.07, 6.45) is -0.275. The second-order valence-corrected chi connectivity index (χ2v) is 9.87. The van der Waals surface area contributed by atoms with E-state index < -0.39 is 12.1 Å². The zero-order valence-electron chi connectivity index (χ0n) is 17.7. The van der Waals surface area contributed by atoms with Crippen LogP contribution >= 0.6 is 11.3 Å². The van der Waals surface area contributed by atoms with E-state index in [4.69, 9.17) is 24.1 Å². The molecule has 176 valence electrons. The highest BCUT2D eigenvalue weighted by Crippen LogP contribution is 2.37. The van der Waals surface area contributed by atoms with Crippen LogP contribution < -0.4 is 0 Å². The van der Waals surface area contributed by atoms with Gasteiger partial charge in [0.25, 0.3) is 0 Å². The Balaban J connectivity index is 0.000000339. The number of carbonyl (C=O) groups is 1. The molecular weight excluding hydrogens is 435 g/mol. The third-order valence-corrected chi connectivity index (χ3v) is 6.78. The van der Waals surface area contributed by atoms with Crippen molar-refractivity contribution in [2.24, 2.45) is 5.92 Å². The standard InChI is InChI=1S/C19H29NO3S.C2HF3O2/c1-15-2-3-18(24-15)11-20-13-19(14-20)10-17(6-9-23-19)22-12-16-4-7-21-8-5-16;3-2(4,5)1(6)7/h2-3,16-17H,4-14H2,1H3;(H,6,7). The van der Waals surface area contributed by atoms with Crippen molar-refractivity contribution in [2.45, 2.75) is 57.0 Å². The van der Waals surface area contributed by atoms with E-state index in [-0.39, 0.29) is 5.60 Å². The van der Waals surface area contributed by atoms with E-state index in [1.54, 1.807) is 0 Å². The molecule has 0 saturated carbocycles. The Morgan fingerprint density at radius 3 is 2.52 bits per heavy atom. The number of aryl methyl sites for hydroxylation is 1. The number of hydrogen-bond acceptors (Lipinski definition) is 6. The molecule has 0 radical (unpaired) electrons. The number of alkyl halides is 3. The van der Waals surface area contributed by atoms with Crippen LogP contribution in [-0.4, -0.2) is 73.4 Å². The summed E-state index contributed by atoms with van der Waals surface area (Å²) < 4.78 is 49.6. The predicted octanol–water partition coefficient (Wildman–Crippen LogP) is 3.87. The quantitative estimate of drug-likeness (QED) is 0.712. The fourth-order valence-electron chi connectivity index (χ4n) is 4.20. The topological polar surface area (TPSA) is 68.2 Å². The lowest BCUT2D eigenvalue weighted by Crippen LogP contribution is -2.65. The van der Waals surface area contributed by atoms with Gasteiger partial charge in [-0.25, -0.2) is 4.79 Å². The minimum atomic E-state index is -5.08. The summed E-state index contributed by atoms with van der Waals surface area (Å²) in [5.41, 5.74) is 0.0604. The van der Waals surface area contributed by atoms with Gasteiger partial charge < -0.3 is 19.3 Å². The number of carboxylic acids is 1. The van der Waals surface area contributed by atoms with Crippen molar-refractivity contribution in [3.63, 3.8) is 0 Å². The number of ether oxygens (including phenoxy) is 3. The van der Waals surface area contributed by atoms with Gasteiger partial charge in [0.2, 0.25) is 0 Å². The lowest BCUT2D eigenvalue weighted by molar-refractivity contribution is -0.201. The monoisotopic (exact) mass is 465 g/mol. The number of rotatable bonds is 5. The van der Waals surface area contributed by atoms with Crippen LogP contribution in [0.15, 0.2) is 12.1 Å². The van der Waals surface area contributed by atoms with Crippen molar-refractivity contribution in [3.8, 4) is 0 Å². The highest BCUT2D eigenvalue weighted by atomic mass is 32.1. The van der Waals surface area contributed by atoms with Crippen molar-refractivity contribution in [1.29, 1.82) is 0 Å². The number of nitrogens with zero attached hydrogens (tertiary/aromatic N) is 1. The van der Waals surface area contributed by atoms with Crippen LogP contribution in [-0.2, 0) is 25.5 Å². The van der Waals surface area contributed by atoms with E-state index in [9.17, 15) is 13.2 Å². The summed E-state index contributed by atoms with van der Waals surface area (Å²) in [5, 5.41) is 7.12. The van der Waals surface area contributed by atoms with E-state index in [1.807, 2.05) is 11.3 Å². The third-order valence-electron chi connectivity index (χ3n) is 5.80. The average molecular weight is 466 g/mol. The molecule has 4 heterocycles. The molecule has 1 unspecified atom stereocenters. The second-order valence-electron chi connectivity index (χ2n) is 8.50. The van der Waals surface area contributed by atoms with Gasteiger partial charge in [0, 0.05) is 62.2 Å². The van der Waals surface area contributed by atoms with E-state index >= 15 is 0 Å². The summed E-state index contributed by atoms with van der Waals surface area (Å²) in [7, 11) is 0. The number of likely N-dealkylation sites (tertiary alicyclic amines) is 1. The molecule has 3 fully saturated rings. The molecule has 1 aromatic rings. The van der Waals surface area contributed by atoms with Gasteiger partial charge >= 0.3 is 12.1 Å². The van der Waals surface area contributed by atoms with Crippen LogP contribution in [0.2, 0.25) is 0 Å². The normalized spacial score (nSPS) is 24.3. The Hall–Kier alpha value is -1.20. The van der Waals surface area contributed by atoms with Gasteiger partial charge in [-0.1, -0.05) is 0 Å². The number of hydrogen-bond donors (Lipinski definition) is 1. The summed E-state index contributed by atoms with van der Waals surface area (Å²) in [5.74, 6) is -2.06. The van der Waals surface area contributed by atoms with E-state index in [1.165, 1.54) is 9.75 Å². The number of aliphatic carboxylic acids is 1. The van der Waals surface area contributed by atoms with E-state index in [0.29, 0.717) is 12.0 Å². The van der Waals surface area contributed by atoms with Gasteiger partial charge in [0.15, 0.2) is 0 Å². The van der Waals surface area contributed by atoms with Crippen molar-refractivity contribution in [3.05, 3.63) is 21.9 Å². The average Bonchev–Trinajstić information content (AvgIpc) is 3.11. The lowest BCUT2D eigenvalue weighted by Gasteiger charge is -2.53. The molecule has 4 rings (SSSR count). The first-order valence-corrected chi connectivity index (χ1v) is 11.4. The summed E-state index contributed by atoms with van der Waals surface area (Å²) in [6.45, 7) is 8.92. The largest absolute Gasteiger partial charge is 0.490 e. The number of thiophene rings is 1. The fraction of sp³-hybridized carbons (Fsp3) is 0.762. The van der Waals surface area contributed by atoms with Crippen LogP contribution in [0.3, 0.4) is 0 Å². The molecule has 1 spiro atoms. The molecule has 3 saturated heterocycles. The number of carboxylic acid groups (broad SMARTS) is 1. The van der Waals surface area contributed by atoms with E-state index in [2.05, 4.69) is 24.0 Å². The molecule has 0 amide bonds. The molecule has 31 heavy (non-hydrogen) atoms. The zero-order valence-corrected chi connectivity index (χ0v) is 18.5. The molecule has 0 aliphatic carbocycles. The smallest absolute Gasteiger partial charge is 0.475 e. The summed E-state index contributed by atoms with van der Waals surface area (Å²) in [6, 6.07) is 4.47. The predicted molar refractivity (Wildman–Crippen MR) is 109 cm³/mol. The first-order valence-electron chi connectivity index (χ1n) is 10.6. The van der Waals surface area contributed by atoms with Gasteiger partial charge in [0.1, 0.15) is 0 Å². The van der Waals surface area contributed by atoms with Crippen LogP contribution in [0.5, 0.6) is 0 Å². The Morgan fingerprint density at radius 2 is 1.94 bits per heavy atom. The van der Waals surface area contributed by atoms with Crippen LogP contribution in [0.4, 0.5) is 13.2 Å². The molecule has 3 aliphatic heterocycles. The highest BCUT2D eigenvalue weighted by Gasteiger charge is 2.47. The van der Waals surface area contributed by atoms with Crippen molar-refractivity contribution < 1.29 is 37.3 Å². The van der Waals surface area contributed by atoms with Gasteiger partial charge in [-0.2, -0.15) is 13.2 Å². The first-order chi connectivity index (χ1) is 14.7. The highest BCUT2D eigenvalue weighted by molar-refractivity contribution is 7.11. The molecular formula is C21H30F3NO5S. The molecule has 0 bridgehead atoms. The second kappa shape index (κ2) is 10.6. The fourth-order valence-corrected chi connectivity index (χ4v) is 5.13. The molecule has 10 heteroatoms. The molecule has 0 aromatic carbocycles. The Labute approximate surface area is 184 Å². The Bertz CT molecular complexity index is 714. The third kappa shape index (κ3) is 7.42. The Morgan fingerprint density at radius 1 is 1.26 bits per heavy atom. The minimum absolute atomic E-state index is 0.0604. The van der Waals surface area contributed by atoms with Crippen LogP contribution in [0.1, 0.15) is 35.4 Å². The summed E-state index contributed by atoms with van der Waals surface area (Å²) >= 11 is 1.91. The van der Waals surface area contributed by atoms with Crippen molar-refractivity contribution in [2.75, 3.05) is 39.5 Å². The zero-order chi connectivity index (χ0) is 22.5. The lowest BCUT2D eigenvalue weighted by atomic mass is 9.84. The molecule has 1 N–H and O–H groups in total. The van der Waals surface area contributed by atoms with Crippen LogP contribution in [0, 0.1) is 12.8 Å². The maximum atomic E-state index is 10.6. The molecule has 6 nitrogen and oxygen atoms in total. The van der Waals surface area contributed by atoms with Gasteiger partial charge in [-0.15, -0.1) is 11.3 Å². The van der Waals surface area contributed by atoms with Gasteiger partial charge in [0.05, 0.1) is 11.7 Å². The van der Waals surface area contributed by atoms with Crippen molar-refractivity contribution in [1.82, 2.24) is 4.90 Å². The molecule has 1 atom stereocenters. The van der Waals surface area contributed by atoms with Gasteiger partial charge in [-0.05, 0) is 44.2 Å². The first kappa shape index (κ1) is 24.4. The molecule has 1 aromatic heterocycles.